The summed E-state index contributed by atoms with van der Waals surface area (Å²) in [6, 6.07) is 24.1. The second kappa shape index (κ2) is 14.9. The molecule has 0 fully saturated rings. The Kier molecular flexibility index (Phi) is 10.6. The number of anilines is 1. The third-order valence-electron chi connectivity index (χ3n) is 5.94. The van der Waals surface area contributed by atoms with Crippen molar-refractivity contribution in [2.45, 2.75) is 38.3 Å². The number of rotatable bonds is 13. The molecule has 1 heterocycles. The lowest BCUT2D eigenvalue weighted by atomic mass is 10.0. The molecule has 0 saturated carbocycles. The lowest BCUT2D eigenvalue weighted by molar-refractivity contribution is 0.0896. The molecule has 4 aromatic rings. The summed E-state index contributed by atoms with van der Waals surface area (Å²) < 4.78 is 16.0. The maximum Gasteiger partial charge on any atom is 0.417 e. The van der Waals surface area contributed by atoms with E-state index in [2.05, 4.69) is 20.8 Å². The van der Waals surface area contributed by atoms with Crippen LogP contribution in [-0.4, -0.2) is 40.7 Å². The van der Waals surface area contributed by atoms with Crippen LogP contribution in [0.2, 0.25) is 0 Å². The van der Waals surface area contributed by atoms with Crippen molar-refractivity contribution in [1.82, 2.24) is 15.5 Å². The van der Waals surface area contributed by atoms with Crippen LogP contribution >= 0.6 is 0 Å². The van der Waals surface area contributed by atoms with Crippen LogP contribution in [0.4, 0.5) is 15.3 Å². The zero-order valence-corrected chi connectivity index (χ0v) is 22.3. The van der Waals surface area contributed by atoms with Crippen LogP contribution in [-0.2, 0) is 17.8 Å². The number of aromatic nitrogens is 2. The van der Waals surface area contributed by atoms with Crippen LogP contribution in [0.25, 0.3) is 0 Å². The zero-order valence-electron chi connectivity index (χ0n) is 22.3. The second-order valence-electron chi connectivity index (χ2n) is 9.12. The molecule has 1 aromatic heterocycles. The molecule has 0 spiro atoms. The van der Waals surface area contributed by atoms with Gasteiger partial charge in [0.1, 0.15) is 12.4 Å². The smallest absolute Gasteiger partial charge is 0.417 e. The number of nitrogens with two attached hydrogens (primary N) is 1. The van der Waals surface area contributed by atoms with E-state index in [0.29, 0.717) is 37.2 Å². The Labute approximate surface area is 237 Å². The molecule has 1 atom stereocenters. The van der Waals surface area contributed by atoms with E-state index >= 15 is 0 Å². The summed E-state index contributed by atoms with van der Waals surface area (Å²) in [6.07, 6.45) is 0.476. The van der Waals surface area contributed by atoms with Gasteiger partial charge in [0.05, 0.1) is 12.5 Å². The van der Waals surface area contributed by atoms with E-state index in [4.69, 9.17) is 19.7 Å². The number of Topliss-reactive ketones (excluding diaryl/α,β-unsaturated/α-hetero) is 1. The number of benzene rings is 3. The van der Waals surface area contributed by atoms with Crippen LogP contribution in [0.3, 0.4) is 0 Å². The van der Waals surface area contributed by atoms with Gasteiger partial charge in [-0.3, -0.25) is 10.1 Å². The summed E-state index contributed by atoms with van der Waals surface area (Å²) >= 11 is 0. The number of carbonyl (C=O) groups excluding carboxylic acids is 3. The number of nitrogens with one attached hydrogen (secondary N) is 2. The number of ether oxygens (including phenoxy) is 2. The number of hydrogen-bond acceptors (Lipinski definition) is 9. The Balaban J connectivity index is 1.35. The van der Waals surface area contributed by atoms with Gasteiger partial charge in [-0.05, 0) is 61.2 Å². The van der Waals surface area contributed by atoms with Crippen molar-refractivity contribution in [3.63, 3.8) is 0 Å². The minimum absolute atomic E-state index is 0.0689. The van der Waals surface area contributed by atoms with Crippen LogP contribution in [0.15, 0.2) is 89.5 Å². The highest BCUT2D eigenvalue weighted by Gasteiger charge is 2.27. The van der Waals surface area contributed by atoms with Gasteiger partial charge in [-0.15, -0.1) is 0 Å². The number of alkyl carbamates (subject to hydrolysis) is 1. The number of carbonyl (C=O) groups is 3. The lowest BCUT2D eigenvalue weighted by Crippen LogP contribution is -2.41. The van der Waals surface area contributed by atoms with Crippen molar-refractivity contribution in [2.24, 2.45) is 5.73 Å². The van der Waals surface area contributed by atoms with E-state index in [-0.39, 0.29) is 24.7 Å². The highest BCUT2D eigenvalue weighted by molar-refractivity contribution is 5.98. The van der Waals surface area contributed by atoms with Crippen molar-refractivity contribution < 1.29 is 28.4 Å². The first-order chi connectivity index (χ1) is 20.0. The van der Waals surface area contributed by atoms with Gasteiger partial charge in [-0.1, -0.05) is 65.8 Å². The highest BCUT2D eigenvalue weighted by atomic mass is 16.6. The van der Waals surface area contributed by atoms with Crippen LogP contribution < -0.4 is 21.1 Å². The predicted octanol–water partition coefficient (Wildman–Crippen LogP) is 4.88. The summed E-state index contributed by atoms with van der Waals surface area (Å²) in [5.74, 6) is -0.143. The van der Waals surface area contributed by atoms with E-state index in [9.17, 15) is 14.4 Å². The average molecular weight is 558 g/mol. The van der Waals surface area contributed by atoms with Gasteiger partial charge >= 0.3 is 12.2 Å². The van der Waals surface area contributed by atoms with Gasteiger partial charge in [-0.25, -0.2) is 9.59 Å². The predicted molar refractivity (Wildman–Crippen MR) is 150 cm³/mol. The fraction of sp³-hybridized carbons (Fsp3) is 0.233. The van der Waals surface area contributed by atoms with Crippen molar-refractivity contribution >= 4 is 23.7 Å². The summed E-state index contributed by atoms with van der Waals surface area (Å²) in [6.45, 7) is 0.530. The number of hydrogen-bond donors (Lipinski definition) is 3. The van der Waals surface area contributed by atoms with Gasteiger partial charge in [0.15, 0.2) is 0 Å². The van der Waals surface area contributed by atoms with Gasteiger partial charge < -0.3 is 25.0 Å². The van der Waals surface area contributed by atoms with Gasteiger partial charge in [0, 0.05) is 5.69 Å². The van der Waals surface area contributed by atoms with E-state index in [1.807, 2.05) is 36.4 Å². The summed E-state index contributed by atoms with van der Waals surface area (Å²) in [5, 5.41) is 9.10. The molecule has 41 heavy (non-hydrogen) atoms. The molecule has 11 nitrogen and oxygen atoms in total. The maximum absolute atomic E-state index is 13.2. The first-order valence-electron chi connectivity index (χ1n) is 13.2. The number of amides is 2. The number of para-hydroxylation sites is 1. The lowest BCUT2D eigenvalue weighted by Gasteiger charge is -2.16. The van der Waals surface area contributed by atoms with Crippen LogP contribution in [0.5, 0.6) is 5.75 Å². The largest absolute Gasteiger partial charge is 0.445 e. The molecule has 11 heteroatoms. The normalized spacial score (nSPS) is 11.3. The van der Waals surface area contributed by atoms with Gasteiger partial charge in [-0.2, -0.15) is 4.98 Å². The third kappa shape index (κ3) is 9.29. The molecule has 0 aliphatic carbocycles. The minimum atomic E-state index is -0.907. The fourth-order valence-electron chi connectivity index (χ4n) is 3.92. The highest BCUT2D eigenvalue weighted by Crippen LogP contribution is 2.18. The first kappa shape index (κ1) is 29.0. The molecule has 0 aliphatic rings. The van der Waals surface area contributed by atoms with E-state index in [1.54, 1.807) is 48.5 Å². The van der Waals surface area contributed by atoms with Crippen molar-refractivity contribution in [1.29, 1.82) is 0 Å². The van der Waals surface area contributed by atoms with Crippen molar-refractivity contribution in [3.05, 3.63) is 108 Å². The Morgan fingerprint density at radius 2 is 1.61 bits per heavy atom. The Morgan fingerprint density at radius 3 is 2.37 bits per heavy atom. The molecule has 0 radical (unpaired) electrons. The molecule has 212 valence electrons. The molecular formula is C30H31N5O6. The Morgan fingerprint density at radius 1 is 0.878 bits per heavy atom. The second-order valence-corrected chi connectivity index (χ2v) is 9.12. The third-order valence-corrected chi connectivity index (χ3v) is 5.94. The number of ketones is 1. The first-order valence-corrected chi connectivity index (χ1v) is 13.2. The molecule has 0 aliphatic heterocycles. The van der Waals surface area contributed by atoms with E-state index in [1.165, 1.54) is 0 Å². The van der Waals surface area contributed by atoms with E-state index in [0.717, 1.165) is 11.1 Å². The van der Waals surface area contributed by atoms with Crippen LogP contribution in [0, 0.1) is 0 Å². The Bertz CT molecular complexity index is 1430. The van der Waals surface area contributed by atoms with E-state index < -0.39 is 24.0 Å². The van der Waals surface area contributed by atoms with Gasteiger partial charge in [0.25, 0.3) is 0 Å². The van der Waals surface area contributed by atoms with Gasteiger partial charge in [0.2, 0.25) is 17.5 Å². The zero-order chi connectivity index (χ0) is 28.9. The number of nitrogens with zero attached hydrogens (tertiary/aromatic N) is 2. The van der Waals surface area contributed by atoms with Crippen molar-refractivity contribution in [3.8, 4) is 5.75 Å². The standard InChI is InChI=1S/C30H31N5O6/c31-17-8-7-16-25(33-29(37)39-20-21-10-3-1-4-11-21)27(36)28-34-26(41-35-28)19-22-12-9-15-24(18-22)40-30(38)32-23-13-5-2-6-14-23/h1-6,9-15,18,25H,7-8,16-17,19-20,31H2,(H,32,38)(H,33,37). The molecular weight excluding hydrogens is 526 g/mol. The average Bonchev–Trinajstić information content (AvgIpc) is 3.45. The molecule has 1 unspecified atom stereocenters. The quantitative estimate of drug-likeness (QED) is 0.154. The molecule has 0 saturated heterocycles. The molecule has 3 aromatic carbocycles. The molecule has 4 N–H and O–H groups in total. The minimum Gasteiger partial charge on any atom is -0.445 e. The summed E-state index contributed by atoms with van der Waals surface area (Å²) in [4.78, 5) is 42.1. The van der Waals surface area contributed by atoms with Crippen LogP contribution in [0.1, 0.15) is 46.9 Å². The SMILES string of the molecule is NCCCCC(NC(=O)OCc1ccccc1)C(=O)c1noc(Cc2cccc(OC(=O)Nc3ccccc3)c2)n1. The molecule has 0 bridgehead atoms. The Hall–Kier alpha value is -5.03. The molecule has 4 rings (SSSR count). The number of unbranched alkanes of at least 4 members (excludes halogenated alkanes) is 1. The maximum atomic E-state index is 13.2. The fourth-order valence-corrected chi connectivity index (χ4v) is 3.92. The summed E-state index contributed by atoms with van der Waals surface area (Å²) in [7, 11) is 0. The topological polar surface area (TPSA) is 159 Å². The summed E-state index contributed by atoms with van der Waals surface area (Å²) in [5.41, 5.74) is 7.75. The monoisotopic (exact) mass is 557 g/mol. The molecule has 2 amide bonds. The van der Waals surface area contributed by atoms with Crippen molar-refractivity contribution in [2.75, 3.05) is 11.9 Å².